The summed E-state index contributed by atoms with van der Waals surface area (Å²) >= 11 is 6.17. The second-order valence-corrected chi connectivity index (χ2v) is 6.73. The Bertz CT molecular complexity index is 898. The first kappa shape index (κ1) is 17.4. The number of phenolic OH excluding ortho intramolecular Hbond substituents is 1. The number of rotatable bonds is 7. The van der Waals surface area contributed by atoms with E-state index in [1.807, 2.05) is 19.3 Å². The smallest absolute Gasteiger partial charge is 0.134 e. The van der Waals surface area contributed by atoms with Crippen LogP contribution in [0.4, 0.5) is 0 Å². The fourth-order valence-electron chi connectivity index (χ4n) is 2.91. The van der Waals surface area contributed by atoms with Crippen LogP contribution in [0.25, 0.3) is 11.0 Å². The molecular formula is C21H22ClNO2. The van der Waals surface area contributed by atoms with Gasteiger partial charge in [-0.25, -0.2) is 0 Å². The number of allylic oxidation sites excluding steroid dienone is 1. The third-order valence-corrected chi connectivity index (χ3v) is 4.61. The molecule has 0 fully saturated rings. The highest BCUT2D eigenvalue weighted by Gasteiger charge is 2.08. The molecule has 1 aromatic heterocycles. The highest BCUT2D eigenvalue weighted by atomic mass is 35.5. The molecule has 0 aliphatic rings. The molecule has 0 spiro atoms. The van der Waals surface area contributed by atoms with Gasteiger partial charge in [-0.1, -0.05) is 36.4 Å². The Kier molecular flexibility index (Phi) is 5.34. The summed E-state index contributed by atoms with van der Waals surface area (Å²) < 4.78 is 5.73. The number of aromatic hydroxyl groups is 1. The van der Waals surface area contributed by atoms with Crippen LogP contribution in [0, 0.1) is 0 Å². The molecule has 0 unspecified atom stereocenters. The molecule has 3 nitrogen and oxygen atoms in total. The first-order valence-electron chi connectivity index (χ1n) is 8.38. The van der Waals surface area contributed by atoms with Crippen LogP contribution in [0.2, 0.25) is 5.02 Å². The zero-order chi connectivity index (χ0) is 17.8. The summed E-state index contributed by atoms with van der Waals surface area (Å²) in [6, 6.07) is 11.5. The molecule has 0 saturated carbocycles. The zero-order valence-electron chi connectivity index (χ0n) is 14.3. The molecule has 0 bridgehead atoms. The molecule has 0 saturated heterocycles. The van der Waals surface area contributed by atoms with E-state index in [2.05, 4.69) is 30.1 Å². The van der Waals surface area contributed by atoms with Gasteiger partial charge in [0.2, 0.25) is 0 Å². The van der Waals surface area contributed by atoms with Crippen molar-refractivity contribution in [2.75, 3.05) is 6.54 Å². The van der Waals surface area contributed by atoms with Crippen LogP contribution in [0.15, 0.2) is 59.4 Å². The summed E-state index contributed by atoms with van der Waals surface area (Å²) in [6.45, 7) is 6.66. The largest absolute Gasteiger partial charge is 0.508 e. The molecule has 2 N–H and O–H groups in total. The number of furan rings is 1. The number of hydrogen-bond acceptors (Lipinski definition) is 3. The van der Waals surface area contributed by atoms with Crippen molar-refractivity contribution < 1.29 is 9.52 Å². The van der Waals surface area contributed by atoms with E-state index in [-0.39, 0.29) is 5.75 Å². The predicted octanol–water partition coefficient (Wildman–Crippen LogP) is 5.24. The molecule has 0 atom stereocenters. The number of fused-ring (bicyclic) bond motifs is 1. The molecule has 25 heavy (non-hydrogen) atoms. The molecule has 3 aromatic rings. The van der Waals surface area contributed by atoms with Crippen LogP contribution in [0.3, 0.4) is 0 Å². The van der Waals surface area contributed by atoms with E-state index in [0.717, 1.165) is 48.0 Å². The highest BCUT2D eigenvalue weighted by molar-refractivity contribution is 6.31. The van der Waals surface area contributed by atoms with Gasteiger partial charge in [-0.05, 0) is 61.1 Å². The van der Waals surface area contributed by atoms with Crippen molar-refractivity contribution in [3.8, 4) is 5.75 Å². The monoisotopic (exact) mass is 355 g/mol. The fourth-order valence-corrected chi connectivity index (χ4v) is 3.17. The van der Waals surface area contributed by atoms with Crippen LogP contribution in [-0.2, 0) is 19.3 Å². The molecule has 2 aromatic carbocycles. The van der Waals surface area contributed by atoms with Crippen molar-refractivity contribution in [1.82, 2.24) is 5.32 Å². The topological polar surface area (TPSA) is 45.4 Å². The third-order valence-electron chi connectivity index (χ3n) is 4.26. The first-order valence-corrected chi connectivity index (χ1v) is 8.76. The SMILES string of the molecule is C=C(C)NCCc1coc2cc(CCc3ccc(O)cc3Cl)ccc12. The van der Waals surface area contributed by atoms with Gasteiger partial charge in [0.25, 0.3) is 0 Å². The van der Waals surface area contributed by atoms with Gasteiger partial charge >= 0.3 is 0 Å². The molecule has 0 radical (unpaired) electrons. The number of aryl methyl sites for hydroxylation is 2. The van der Waals surface area contributed by atoms with Gasteiger partial charge in [-0.15, -0.1) is 0 Å². The molecule has 0 aliphatic carbocycles. The van der Waals surface area contributed by atoms with Crippen molar-refractivity contribution in [2.45, 2.75) is 26.2 Å². The molecule has 4 heteroatoms. The summed E-state index contributed by atoms with van der Waals surface area (Å²) in [5, 5.41) is 14.4. The predicted molar refractivity (Wildman–Crippen MR) is 103 cm³/mol. The Morgan fingerprint density at radius 3 is 2.72 bits per heavy atom. The summed E-state index contributed by atoms with van der Waals surface area (Å²) in [7, 11) is 0. The maximum Gasteiger partial charge on any atom is 0.134 e. The van der Waals surface area contributed by atoms with Gasteiger partial charge in [0, 0.05) is 22.7 Å². The minimum absolute atomic E-state index is 0.194. The van der Waals surface area contributed by atoms with Crippen LogP contribution >= 0.6 is 11.6 Å². The Balaban J connectivity index is 1.68. The van der Waals surface area contributed by atoms with E-state index in [1.54, 1.807) is 12.1 Å². The van der Waals surface area contributed by atoms with Crippen molar-refractivity contribution in [1.29, 1.82) is 0 Å². The standard InChI is InChI=1S/C21H22ClNO2/c1-14(2)23-10-9-17-13-25-21-11-15(4-8-19(17)21)3-5-16-6-7-18(24)12-20(16)22/h4,6-8,11-13,23-24H,1,3,5,9-10H2,2H3. The molecular weight excluding hydrogens is 334 g/mol. The Morgan fingerprint density at radius 1 is 1.12 bits per heavy atom. The molecule has 0 amide bonds. The number of phenols is 1. The van der Waals surface area contributed by atoms with E-state index in [1.165, 1.54) is 11.1 Å². The van der Waals surface area contributed by atoms with Crippen LogP contribution in [-0.4, -0.2) is 11.7 Å². The van der Waals surface area contributed by atoms with Crippen LogP contribution in [0.5, 0.6) is 5.75 Å². The van der Waals surface area contributed by atoms with Gasteiger partial charge in [-0.2, -0.15) is 0 Å². The Morgan fingerprint density at radius 2 is 1.96 bits per heavy atom. The number of halogens is 1. The summed E-state index contributed by atoms with van der Waals surface area (Å²) in [4.78, 5) is 0. The van der Waals surface area contributed by atoms with Crippen molar-refractivity contribution in [3.63, 3.8) is 0 Å². The Labute approximate surface area is 152 Å². The van der Waals surface area contributed by atoms with Crippen molar-refractivity contribution in [3.05, 3.63) is 76.7 Å². The van der Waals surface area contributed by atoms with Crippen molar-refractivity contribution in [2.24, 2.45) is 0 Å². The van der Waals surface area contributed by atoms with E-state index in [9.17, 15) is 5.11 Å². The van der Waals surface area contributed by atoms with Crippen LogP contribution in [0.1, 0.15) is 23.6 Å². The normalized spacial score (nSPS) is 11.0. The van der Waals surface area contributed by atoms with E-state index >= 15 is 0 Å². The Hall–Kier alpha value is -2.39. The number of hydrogen-bond donors (Lipinski definition) is 2. The van der Waals surface area contributed by atoms with Gasteiger partial charge in [0.15, 0.2) is 0 Å². The molecule has 0 aliphatic heterocycles. The highest BCUT2D eigenvalue weighted by Crippen LogP contribution is 2.25. The van der Waals surface area contributed by atoms with Gasteiger partial charge in [-0.3, -0.25) is 0 Å². The summed E-state index contributed by atoms with van der Waals surface area (Å²) in [6.07, 6.45) is 4.43. The lowest BCUT2D eigenvalue weighted by Crippen LogP contribution is -2.13. The van der Waals surface area contributed by atoms with E-state index in [4.69, 9.17) is 16.0 Å². The minimum atomic E-state index is 0.194. The lowest BCUT2D eigenvalue weighted by Gasteiger charge is -2.06. The zero-order valence-corrected chi connectivity index (χ0v) is 15.1. The molecule has 130 valence electrons. The maximum absolute atomic E-state index is 9.43. The molecule has 1 heterocycles. The van der Waals surface area contributed by atoms with Gasteiger partial charge in [0.1, 0.15) is 11.3 Å². The maximum atomic E-state index is 9.43. The van der Waals surface area contributed by atoms with Gasteiger partial charge in [0.05, 0.1) is 6.26 Å². The third kappa shape index (κ3) is 4.37. The average molecular weight is 356 g/mol. The van der Waals surface area contributed by atoms with E-state index < -0.39 is 0 Å². The van der Waals surface area contributed by atoms with Crippen LogP contribution < -0.4 is 5.32 Å². The second kappa shape index (κ2) is 7.66. The average Bonchev–Trinajstić information content (AvgIpc) is 2.96. The minimum Gasteiger partial charge on any atom is -0.508 e. The number of benzene rings is 2. The number of nitrogens with one attached hydrogen (secondary N) is 1. The summed E-state index contributed by atoms with van der Waals surface area (Å²) in [5.41, 5.74) is 5.34. The quantitative estimate of drug-likeness (QED) is 0.609. The van der Waals surface area contributed by atoms with Crippen molar-refractivity contribution >= 4 is 22.6 Å². The van der Waals surface area contributed by atoms with Gasteiger partial charge < -0.3 is 14.8 Å². The lowest BCUT2D eigenvalue weighted by atomic mass is 10.0. The van der Waals surface area contributed by atoms with E-state index in [0.29, 0.717) is 5.02 Å². The lowest BCUT2D eigenvalue weighted by molar-refractivity contribution is 0.475. The first-order chi connectivity index (χ1) is 12.0. The molecule has 3 rings (SSSR count). The second-order valence-electron chi connectivity index (χ2n) is 6.32. The summed E-state index contributed by atoms with van der Waals surface area (Å²) in [5.74, 6) is 0.194. The fraction of sp³-hybridized carbons (Fsp3) is 0.238.